The van der Waals surface area contributed by atoms with Gasteiger partial charge in [0.2, 0.25) is 5.91 Å². The van der Waals surface area contributed by atoms with Crippen LogP contribution in [0.1, 0.15) is 18.4 Å². The van der Waals surface area contributed by atoms with E-state index in [0.29, 0.717) is 19.0 Å². The van der Waals surface area contributed by atoms with E-state index in [9.17, 15) is 4.79 Å². The van der Waals surface area contributed by atoms with Crippen LogP contribution in [0.25, 0.3) is 11.5 Å². The average molecular weight is 367 g/mol. The number of carbonyl (C=O) groups excluding carboxylic acids is 1. The number of amides is 1. The summed E-state index contributed by atoms with van der Waals surface area (Å²) in [5, 5.41) is 0. The fourth-order valence-electron chi connectivity index (χ4n) is 4.06. The minimum atomic E-state index is 0.0920. The number of carbonyl (C=O) groups is 1. The van der Waals surface area contributed by atoms with Gasteiger partial charge in [0.15, 0.2) is 5.82 Å². The van der Waals surface area contributed by atoms with Crippen LogP contribution in [0.3, 0.4) is 0 Å². The van der Waals surface area contributed by atoms with Gasteiger partial charge in [-0.15, -0.1) is 0 Å². The Labute approximate surface area is 159 Å². The van der Waals surface area contributed by atoms with Crippen LogP contribution in [-0.4, -0.2) is 70.1 Å². The van der Waals surface area contributed by atoms with Crippen molar-refractivity contribution in [2.75, 3.05) is 33.4 Å². The standard InChI is InChI=1S/C20H25N5O2/c1-27-9-8-25-17-6-5-16(20(25)26)13-24(14-17)12-15-10-22-19(23-11-15)18-4-2-3-7-21-18/h2-4,7,10-11,16-17H,5-6,8-9,12-14H2,1H3/t16-,17+/m0/s1. The zero-order valence-corrected chi connectivity index (χ0v) is 15.6. The van der Waals surface area contributed by atoms with E-state index in [1.54, 1.807) is 13.3 Å². The number of hydrogen-bond acceptors (Lipinski definition) is 6. The number of hydrogen-bond donors (Lipinski definition) is 0. The molecule has 0 N–H and O–H groups in total. The van der Waals surface area contributed by atoms with Gasteiger partial charge >= 0.3 is 0 Å². The molecule has 5 heterocycles. The molecule has 2 aromatic heterocycles. The molecule has 3 saturated heterocycles. The monoisotopic (exact) mass is 367 g/mol. The predicted octanol–water partition coefficient (Wildman–Crippen LogP) is 1.61. The Morgan fingerprint density at radius 1 is 1.15 bits per heavy atom. The average Bonchev–Trinajstić information content (AvgIpc) is 2.98. The summed E-state index contributed by atoms with van der Waals surface area (Å²) in [5.41, 5.74) is 1.84. The van der Waals surface area contributed by atoms with Gasteiger partial charge in [0, 0.05) is 63.5 Å². The molecule has 0 radical (unpaired) electrons. The number of piperidine rings is 1. The third-order valence-corrected chi connectivity index (χ3v) is 5.41. The summed E-state index contributed by atoms with van der Waals surface area (Å²) in [6.07, 6.45) is 7.54. The maximum atomic E-state index is 12.7. The molecular weight excluding hydrogens is 342 g/mol. The van der Waals surface area contributed by atoms with Crippen LogP contribution < -0.4 is 0 Å². The number of rotatable bonds is 6. The normalized spacial score (nSPS) is 22.9. The lowest BCUT2D eigenvalue weighted by atomic mass is 9.94. The van der Waals surface area contributed by atoms with Crippen molar-refractivity contribution in [1.29, 1.82) is 0 Å². The number of ether oxygens (including phenoxy) is 1. The Morgan fingerprint density at radius 2 is 2.00 bits per heavy atom. The molecule has 142 valence electrons. The molecule has 3 aliphatic rings. The largest absolute Gasteiger partial charge is 0.383 e. The van der Waals surface area contributed by atoms with Crippen LogP contribution in [0.2, 0.25) is 0 Å². The first kappa shape index (κ1) is 18.0. The summed E-state index contributed by atoms with van der Waals surface area (Å²) in [5.74, 6) is 1.01. The van der Waals surface area contributed by atoms with Crippen LogP contribution in [-0.2, 0) is 16.1 Å². The predicted molar refractivity (Wildman–Crippen MR) is 101 cm³/mol. The summed E-state index contributed by atoms with van der Waals surface area (Å²) in [7, 11) is 1.68. The minimum Gasteiger partial charge on any atom is -0.383 e. The Hall–Kier alpha value is -2.38. The van der Waals surface area contributed by atoms with Crippen LogP contribution in [0.4, 0.5) is 0 Å². The molecular formula is C20H25N5O2. The van der Waals surface area contributed by atoms with Gasteiger partial charge in [0.25, 0.3) is 0 Å². The summed E-state index contributed by atoms with van der Waals surface area (Å²) < 4.78 is 5.18. The van der Waals surface area contributed by atoms with Crippen molar-refractivity contribution in [3.05, 3.63) is 42.4 Å². The Morgan fingerprint density at radius 3 is 2.74 bits per heavy atom. The smallest absolute Gasteiger partial charge is 0.227 e. The summed E-state index contributed by atoms with van der Waals surface area (Å²) in [6.45, 7) is 3.75. The maximum absolute atomic E-state index is 12.7. The lowest BCUT2D eigenvalue weighted by Gasteiger charge is -2.35. The number of methoxy groups -OCH3 is 1. The van der Waals surface area contributed by atoms with Gasteiger partial charge in [-0.05, 0) is 25.0 Å². The molecule has 0 spiro atoms. The molecule has 3 aliphatic heterocycles. The molecule has 7 heteroatoms. The first-order valence-electron chi connectivity index (χ1n) is 9.48. The molecule has 2 atom stereocenters. The van der Waals surface area contributed by atoms with Gasteiger partial charge in [-0.1, -0.05) is 6.07 Å². The van der Waals surface area contributed by atoms with E-state index in [4.69, 9.17) is 4.74 Å². The molecule has 0 aliphatic carbocycles. The topological polar surface area (TPSA) is 71.5 Å². The zero-order valence-electron chi connectivity index (χ0n) is 15.6. The number of fused-ring (bicyclic) bond motifs is 4. The second-order valence-electron chi connectivity index (χ2n) is 7.28. The van der Waals surface area contributed by atoms with Gasteiger partial charge in [0.05, 0.1) is 12.5 Å². The van der Waals surface area contributed by atoms with Crippen LogP contribution >= 0.6 is 0 Å². The van der Waals surface area contributed by atoms with Gasteiger partial charge in [-0.2, -0.15) is 0 Å². The second kappa shape index (κ2) is 8.10. The fourth-order valence-corrected chi connectivity index (χ4v) is 4.06. The van der Waals surface area contributed by atoms with Gasteiger partial charge < -0.3 is 9.64 Å². The van der Waals surface area contributed by atoms with E-state index in [1.165, 1.54) is 0 Å². The van der Waals surface area contributed by atoms with Crippen molar-refractivity contribution < 1.29 is 9.53 Å². The lowest BCUT2D eigenvalue weighted by Crippen LogP contribution is -2.49. The van der Waals surface area contributed by atoms with Crippen LogP contribution in [0, 0.1) is 5.92 Å². The van der Waals surface area contributed by atoms with E-state index in [0.717, 1.165) is 43.7 Å². The second-order valence-corrected chi connectivity index (χ2v) is 7.28. The number of nitrogens with zero attached hydrogens (tertiary/aromatic N) is 5. The van der Waals surface area contributed by atoms with Crippen molar-refractivity contribution in [2.24, 2.45) is 5.92 Å². The highest BCUT2D eigenvalue weighted by Gasteiger charge is 2.40. The number of aromatic nitrogens is 3. The molecule has 0 saturated carbocycles. The minimum absolute atomic E-state index is 0.0920. The quantitative estimate of drug-likeness (QED) is 0.772. The van der Waals surface area contributed by atoms with Gasteiger partial charge in [-0.3, -0.25) is 14.7 Å². The Kier molecular flexibility index (Phi) is 5.40. The third kappa shape index (κ3) is 3.99. The fraction of sp³-hybridized carbons (Fsp3) is 0.500. The Bertz CT molecular complexity index is 768. The SMILES string of the molecule is COCCN1C(=O)[C@H]2CC[C@@H]1CN(Cc1cnc(-c3ccccn3)nc1)C2. The summed E-state index contributed by atoms with van der Waals surface area (Å²) >= 11 is 0. The van der Waals surface area contributed by atoms with Crippen LogP contribution in [0.5, 0.6) is 0 Å². The molecule has 2 aromatic rings. The first-order chi connectivity index (χ1) is 13.2. The molecule has 7 nitrogen and oxygen atoms in total. The molecule has 27 heavy (non-hydrogen) atoms. The summed E-state index contributed by atoms with van der Waals surface area (Å²) in [4.78, 5) is 30.3. The molecule has 2 bridgehead atoms. The van der Waals surface area contributed by atoms with Gasteiger partial charge in [-0.25, -0.2) is 9.97 Å². The van der Waals surface area contributed by atoms with Gasteiger partial charge in [0.1, 0.15) is 5.69 Å². The lowest BCUT2D eigenvalue weighted by molar-refractivity contribution is -0.140. The highest BCUT2D eigenvalue weighted by Crippen LogP contribution is 2.29. The molecule has 1 amide bonds. The Balaban J connectivity index is 1.43. The molecule has 5 rings (SSSR count). The van der Waals surface area contributed by atoms with E-state index in [2.05, 4.69) is 19.9 Å². The van der Waals surface area contributed by atoms with Crippen molar-refractivity contribution >= 4 is 5.91 Å². The molecule has 0 unspecified atom stereocenters. The number of pyridine rings is 1. The molecule has 0 aromatic carbocycles. The highest BCUT2D eigenvalue weighted by atomic mass is 16.5. The van der Waals surface area contributed by atoms with Crippen molar-refractivity contribution in [3.8, 4) is 11.5 Å². The van der Waals surface area contributed by atoms with Crippen LogP contribution in [0.15, 0.2) is 36.8 Å². The van der Waals surface area contributed by atoms with E-state index >= 15 is 0 Å². The zero-order chi connectivity index (χ0) is 18.6. The molecule has 3 fully saturated rings. The van der Waals surface area contributed by atoms with Crippen molar-refractivity contribution in [3.63, 3.8) is 0 Å². The maximum Gasteiger partial charge on any atom is 0.227 e. The summed E-state index contributed by atoms with van der Waals surface area (Å²) in [6, 6.07) is 5.99. The van der Waals surface area contributed by atoms with Crippen molar-refractivity contribution in [1.82, 2.24) is 24.8 Å². The highest BCUT2D eigenvalue weighted by molar-refractivity contribution is 5.80. The van der Waals surface area contributed by atoms with E-state index in [1.807, 2.05) is 35.5 Å². The third-order valence-electron chi connectivity index (χ3n) is 5.41. The van der Waals surface area contributed by atoms with E-state index < -0.39 is 0 Å². The first-order valence-corrected chi connectivity index (χ1v) is 9.48. The van der Waals surface area contributed by atoms with E-state index in [-0.39, 0.29) is 17.9 Å². The van der Waals surface area contributed by atoms with Crippen molar-refractivity contribution in [2.45, 2.75) is 25.4 Å².